The minimum absolute atomic E-state index is 0.439. The first-order valence-electron chi connectivity index (χ1n) is 7.02. The molecule has 21 heavy (non-hydrogen) atoms. The van der Waals surface area contributed by atoms with Crippen LogP contribution in [-0.4, -0.2) is 54.3 Å². The number of ether oxygens (including phenoxy) is 1. The van der Waals surface area contributed by atoms with Gasteiger partial charge in [0.15, 0.2) is 6.23 Å². The first-order valence-corrected chi connectivity index (χ1v) is 7.02. The van der Waals surface area contributed by atoms with Gasteiger partial charge in [-0.25, -0.2) is 9.97 Å². The molecule has 7 heteroatoms. The zero-order chi connectivity index (χ0) is 15.1. The summed E-state index contributed by atoms with van der Waals surface area (Å²) < 4.78 is 7.35. The average Bonchev–Trinajstić information content (AvgIpc) is 3.02. The van der Waals surface area contributed by atoms with Crippen molar-refractivity contribution in [1.29, 1.82) is 0 Å². The second-order valence-electron chi connectivity index (χ2n) is 5.37. The molecular weight excluding hydrogens is 274 g/mol. The Morgan fingerprint density at radius 2 is 2.10 bits per heavy atom. The summed E-state index contributed by atoms with van der Waals surface area (Å²) in [4.78, 5) is 8.33. The summed E-state index contributed by atoms with van der Waals surface area (Å²) in [7, 11) is 0. The Morgan fingerprint density at radius 3 is 2.81 bits per heavy atom. The first kappa shape index (κ1) is 14.4. The minimum atomic E-state index is -1.13. The van der Waals surface area contributed by atoms with E-state index in [1.807, 2.05) is 13.0 Å². The molecule has 7 nitrogen and oxygen atoms in total. The smallest absolute Gasteiger partial charge is 0.164 e. The normalized spacial score (nSPS) is 30.9. The highest BCUT2D eigenvalue weighted by Crippen LogP contribution is 2.34. The predicted molar refractivity (Wildman–Crippen MR) is 74.5 cm³/mol. The van der Waals surface area contributed by atoms with Crippen LogP contribution in [0, 0.1) is 6.92 Å². The van der Waals surface area contributed by atoms with Gasteiger partial charge in [-0.05, 0) is 19.4 Å². The number of hydrogen-bond acceptors (Lipinski definition) is 6. The molecule has 3 heterocycles. The Labute approximate surface area is 121 Å². The third-order valence-corrected chi connectivity index (χ3v) is 4.06. The van der Waals surface area contributed by atoms with Crippen LogP contribution in [0.4, 0.5) is 0 Å². The van der Waals surface area contributed by atoms with Crippen molar-refractivity contribution < 1.29 is 20.1 Å². The van der Waals surface area contributed by atoms with Crippen molar-refractivity contribution in [2.45, 2.75) is 50.9 Å². The third-order valence-electron chi connectivity index (χ3n) is 4.06. The van der Waals surface area contributed by atoms with Crippen LogP contribution in [0.1, 0.15) is 25.3 Å². The highest BCUT2D eigenvalue weighted by molar-refractivity contribution is 5.78. The van der Waals surface area contributed by atoms with Gasteiger partial charge < -0.3 is 24.6 Å². The van der Waals surface area contributed by atoms with E-state index in [4.69, 9.17) is 4.74 Å². The van der Waals surface area contributed by atoms with Crippen molar-refractivity contribution in [1.82, 2.24) is 14.5 Å². The van der Waals surface area contributed by atoms with E-state index in [9.17, 15) is 15.3 Å². The predicted octanol–water partition coefficient (Wildman–Crippen LogP) is 0.130. The van der Waals surface area contributed by atoms with Crippen LogP contribution >= 0.6 is 0 Å². The molecule has 3 N–H and O–H groups in total. The van der Waals surface area contributed by atoms with Crippen LogP contribution in [-0.2, 0) is 4.74 Å². The van der Waals surface area contributed by atoms with E-state index in [1.54, 1.807) is 17.7 Å². The van der Waals surface area contributed by atoms with Crippen LogP contribution in [0.5, 0.6) is 0 Å². The third kappa shape index (κ3) is 2.22. The van der Waals surface area contributed by atoms with E-state index in [0.717, 1.165) is 11.1 Å². The molecule has 2 aromatic rings. The quantitative estimate of drug-likeness (QED) is 0.743. The van der Waals surface area contributed by atoms with Crippen LogP contribution < -0.4 is 0 Å². The lowest BCUT2D eigenvalue weighted by Gasteiger charge is -2.19. The summed E-state index contributed by atoms with van der Waals surface area (Å²) in [5, 5.41) is 31.0. The maximum absolute atomic E-state index is 10.2. The zero-order valence-electron chi connectivity index (χ0n) is 11.9. The largest absolute Gasteiger partial charge is 0.390 e. The summed E-state index contributed by atoms with van der Waals surface area (Å²) in [6.45, 7) is 3.67. The topological polar surface area (TPSA) is 101 Å². The minimum Gasteiger partial charge on any atom is -0.390 e. The summed E-state index contributed by atoms with van der Waals surface area (Å²) in [6.07, 6.45) is -1.04. The van der Waals surface area contributed by atoms with Gasteiger partial charge in [0.05, 0.1) is 11.8 Å². The maximum Gasteiger partial charge on any atom is 0.164 e. The number of nitrogens with zero attached hydrogens (tertiary/aromatic N) is 3. The van der Waals surface area contributed by atoms with E-state index in [2.05, 4.69) is 9.97 Å². The number of hydrogen-bond donors (Lipinski definition) is 3. The van der Waals surface area contributed by atoms with Gasteiger partial charge in [0.1, 0.15) is 30.3 Å². The van der Waals surface area contributed by atoms with E-state index in [-0.39, 0.29) is 0 Å². The fourth-order valence-corrected chi connectivity index (χ4v) is 2.77. The Balaban J connectivity index is 1.98. The second kappa shape index (κ2) is 5.34. The van der Waals surface area contributed by atoms with Gasteiger partial charge in [0.25, 0.3) is 0 Å². The van der Waals surface area contributed by atoms with Crippen molar-refractivity contribution >= 4 is 11.0 Å². The van der Waals surface area contributed by atoms with Gasteiger partial charge in [0.2, 0.25) is 0 Å². The molecule has 1 fully saturated rings. The molecule has 0 saturated carbocycles. The molecule has 0 spiro atoms. The molecular formula is C14H19N3O4. The van der Waals surface area contributed by atoms with Gasteiger partial charge in [-0.1, -0.05) is 6.92 Å². The summed E-state index contributed by atoms with van der Waals surface area (Å²) >= 11 is 0. The van der Waals surface area contributed by atoms with E-state index >= 15 is 0 Å². The van der Waals surface area contributed by atoms with Crippen LogP contribution in [0.15, 0.2) is 18.6 Å². The Morgan fingerprint density at radius 1 is 1.33 bits per heavy atom. The van der Waals surface area contributed by atoms with Crippen LogP contribution in [0.2, 0.25) is 0 Å². The number of aryl methyl sites for hydroxylation is 1. The van der Waals surface area contributed by atoms with Gasteiger partial charge in [-0.3, -0.25) is 0 Å². The monoisotopic (exact) mass is 293 g/mol. The van der Waals surface area contributed by atoms with Crippen molar-refractivity contribution in [3.8, 4) is 0 Å². The van der Waals surface area contributed by atoms with E-state index in [1.165, 1.54) is 6.33 Å². The van der Waals surface area contributed by atoms with Crippen molar-refractivity contribution in [3.05, 3.63) is 24.3 Å². The second-order valence-corrected chi connectivity index (χ2v) is 5.37. The standard InChI is InChI=1S/C14H19N3O4/c1-3-9(18)12-10(19)11(20)14(21-12)17-5-4-8-7(2)15-6-16-13(8)17/h4-6,9-12,14,18-20H,3H2,1-2H3/t9?,10-,11+,12+,14+/m0/s1. The molecule has 1 aliphatic heterocycles. The van der Waals surface area contributed by atoms with E-state index < -0.39 is 30.6 Å². The fourth-order valence-electron chi connectivity index (χ4n) is 2.77. The zero-order valence-corrected chi connectivity index (χ0v) is 11.9. The lowest BCUT2D eigenvalue weighted by Crippen LogP contribution is -2.38. The number of rotatable bonds is 3. The molecule has 0 bridgehead atoms. The molecule has 0 radical (unpaired) electrons. The number of fused-ring (bicyclic) bond motifs is 1. The van der Waals surface area contributed by atoms with Crippen LogP contribution in [0.3, 0.4) is 0 Å². The van der Waals surface area contributed by atoms with E-state index in [0.29, 0.717) is 12.1 Å². The Hall–Kier alpha value is -1.54. The summed E-state index contributed by atoms with van der Waals surface area (Å²) in [5.74, 6) is 0. The number of aliphatic hydroxyl groups is 3. The molecule has 0 aromatic carbocycles. The molecule has 0 aliphatic carbocycles. The van der Waals surface area contributed by atoms with Crippen molar-refractivity contribution in [2.24, 2.45) is 0 Å². The SMILES string of the molecule is CCC(O)[C@H]1O[C@@H](n2ccc3c(C)ncnc32)[C@H](O)[C@@H]1O. The highest BCUT2D eigenvalue weighted by atomic mass is 16.6. The maximum atomic E-state index is 10.2. The lowest BCUT2D eigenvalue weighted by molar-refractivity contribution is -0.0839. The Kier molecular flexibility index (Phi) is 3.66. The average molecular weight is 293 g/mol. The van der Waals surface area contributed by atoms with Crippen LogP contribution in [0.25, 0.3) is 11.0 Å². The number of aliphatic hydroxyl groups excluding tert-OH is 3. The molecule has 5 atom stereocenters. The first-order chi connectivity index (χ1) is 10.0. The lowest BCUT2D eigenvalue weighted by atomic mass is 10.0. The molecule has 0 amide bonds. The fraction of sp³-hybridized carbons (Fsp3) is 0.571. The van der Waals surface area contributed by atoms with Crippen molar-refractivity contribution in [3.63, 3.8) is 0 Å². The summed E-state index contributed by atoms with van der Waals surface area (Å²) in [6, 6.07) is 1.84. The molecule has 114 valence electrons. The van der Waals surface area contributed by atoms with Gasteiger partial charge in [-0.15, -0.1) is 0 Å². The van der Waals surface area contributed by atoms with Gasteiger partial charge >= 0.3 is 0 Å². The molecule has 1 aliphatic rings. The van der Waals surface area contributed by atoms with Crippen molar-refractivity contribution in [2.75, 3.05) is 0 Å². The number of aromatic nitrogens is 3. The molecule has 3 rings (SSSR count). The van der Waals surface area contributed by atoms with Gasteiger partial charge in [-0.2, -0.15) is 0 Å². The molecule has 1 saturated heterocycles. The van der Waals surface area contributed by atoms with Gasteiger partial charge in [0, 0.05) is 11.6 Å². The Bertz CT molecular complexity index is 644. The molecule has 1 unspecified atom stereocenters. The highest BCUT2D eigenvalue weighted by Gasteiger charge is 2.46. The molecule has 2 aromatic heterocycles. The summed E-state index contributed by atoms with van der Waals surface area (Å²) in [5.41, 5.74) is 1.46.